The molecule has 0 saturated heterocycles. The fraction of sp³-hybridized carbons (Fsp3) is 0. The standard InChI is InChI=1S/C60H40N2O2/c1-4-16-41(17-5-1)44-38-45(42-30-34-49(35-31-42)61(47-18-6-2-7-19-47)55-26-14-24-53-51-22-10-12-28-57(51)63-59(53)55)40-46(39-44)43-32-36-50(37-33-43)62(48-20-8-3-9-21-48)56-27-15-25-54-52-23-11-13-29-58(52)64-60(54)56/h1-40H. The molecule has 0 fully saturated rings. The lowest BCUT2D eigenvalue weighted by Gasteiger charge is -2.26. The summed E-state index contributed by atoms with van der Waals surface area (Å²) in [7, 11) is 0. The first kappa shape index (κ1) is 37.2. The summed E-state index contributed by atoms with van der Waals surface area (Å²) < 4.78 is 13.1. The van der Waals surface area contributed by atoms with E-state index in [9.17, 15) is 0 Å². The summed E-state index contributed by atoms with van der Waals surface area (Å²) in [4.78, 5) is 4.57. The molecule has 0 amide bonds. The van der Waals surface area contributed by atoms with Crippen LogP contribution < -0.4 is 9.80 Å². The van der Waals surface area contributed by atoms with Gasteiger partial charge in [-0.2, -0.15) is 0 Å². The maximum atomic E-state index is 6.56. The molecule has 12 rings (SSSR count). The molecule has 0 aliphatic heterocycles. The van der Waals surface area contributed by atoms with Crippen molar-refractivity contribution in [2.45, 2.75) is 0 Å². The van der Waals surface area contributed by atoms with Gasteiger partial charge < -0.3 is 18.6 Å². The van der Waals surface area contributed by atoms with Crippen molar-refractivity contribution in [1.82, 2.24) is 0 Å². The number of furan rings is 2. The van der Waals surface area contributed by atoms with E-state index in [2.05, 4.69) is 228 Å². The molecule has 0 spiro atoms. The molecule has 0 atom stereocenters. The number of benzene rings is 10. The van der Waals surface area contributed by atoms with E-state index in [-0.39, 0.29) is 0 Å². The SMILES string of the molecule is c1ccc(-c2cc(-c3ccc(N(c4ccccc4)c4cccc5c4oc4ccccc45)cc3)cc(-c3ccc(N(c4ccccc4)c4cccc5c4oc4ccccc45)cc3)c2)cc1. The Morgan fingerprint density at radius 3 is 0.984 bits per heavy atom. The fourth-order valence-electron chi connectivity index (χ4n) is 9.19. The maximum Gasteiger partial charge on any atom is 0.159 e. The molecule has 0 radical (unpaired) electrons. The Kier molecular flexibility index (Phi) is 9.12. The predicted octanol–water partition coefficient (Wildman–Crippen LogP) is 17.4. The van der Waals surface area contributed by atoms with Gasteiger partial charge in [0.25, 0.3) is 0 Å². The summed E-state index contributed by atoms with van der Waals surface area (Å²) in [5, 5.41) is 4.42. The highest BCUT2D eigenvalue weighted by atomic mass is 16.3. The van der Waals surface area contributed by atoms with Crippen LogP contribution in [0.1, 0.15) is 0 Å². The Morgan fingerprint density at radius 1 is 0.234 bits per heavy atom. The van der Waals surface area contributed by atoms with E-state index in [4.69, 9.17) is 8.83 Å². The molecule has 4 heteroatoms. The van der Waals surface area contributed by atoms with Crippen LogP contribution in [0.3, 0.4) is 0 Å². The van der Waals surface area contributed by atoms with Gasteiger partial charge >= 0.3 is 0 Å². The van der Waals surface area contributed by atoms with Crippen LogP contribution in [-0.4, -0.2) is 0 Å². The average molecular weight is 821 g/mol. The molecule has 10 aromatic carbocycles. The van der Waals surface area contributed by atoms with Gasteiger partial charge in [0.1, 0.15) is 11.2 Å². The Bertz CT molecular complexity index is 3380. The number of hydrogen-bond acceptors (Lipinski definition) is 4. The van der Waals surface area contributed by atoms with Gasteiger partial charge in [-0.25, -0.2) is 0 Å². The first-order valence-electron chi connectivity index (χ1n) is 21.7. The van der Waals surface area contributed by atoms with Crippen LogP contribution in [0, 0.1) is 0 Å². The molecule has 0 bridgehead atoms. The third-order valence-corrected chi connectivity index (χ3v) is 12.2. The molecule has 4 nitrogen and oxygen atoms in total. The van der Waals surface area contributed by atoms with Crippen LogP contribution in [0.2, 0.25) is 0 Å². The van der Waals surface area contributed by atoms with Gasteiger partial charge in [-0.1, -0.05) is 152 Å². The van der Waals surface area contributed by atoms with E-state index in [1.807, 2.05) is 24.3 Å². The highest BCUT2D eigenvalue weighted by Gasteiger charge is 2.21. The van der Waals surface area contributed by atoms with Crippen LogP contribution in [0.25, 0.3) is 77.3 Å². The summed E-state index contributed by atoms with van der Waals surface area (Å²) in [5.41, 5.74) is 16.5. The fourth-order valence-corrected chi connectivity index (χ4v) is 9.19. The second kappa shape index (κ2) is 15.7. The smallest absolute Gasteiger partial charge is 0.159 e. The van der Waals surface area contributed by atoms with Crippen molar-refractivity contribution < 1.29 is 8.83 Å². The Morgan fingerprint density at radius 2 is 0.562 bits per heavy atom. The number of hydrogen-bond donors (Lipinski definition) is 0. The summed E-state index contributed by atoms with van der Waals surface area (Å²) in [6.07, 6.45) is 0. The molecule has 0 unspecified atom stereocenters. The van der Waals surface area contributed by atoms with Crippen molar-refractivity contribution in [2.24, 2.45) is 0 Å². The highest BCUT2D eigenvalue weighted by Crippen LogP contribution is 2.45. The molecule has 302 valence electrons. The van der Waals surface area contributed by atoms with Crippen molar-refractivity contribution in [3.05, 3.63) is 243 Å². The van der Waals surface area contributed by atoms with E-state index in [1.165, 1.54) is 5.56 Å². The Hall–Kier alpha value is -8.60. The first-order valence-corrected chi connectivity index (χ1v) is 21.7. The van der Waals surface area contributed by atoms with Gasteiger partial charge in [0.2, 0.25) is 0 Å². The Balaban J connectivity index is 0.943. The van der Waals surface area contributed by atoms with Gasteiger partial charge in [0.15, 0.2) is 11.2 Å². The van der Waals surface area contributed by atoms with Gasteiger partial charge in [-0.05, 0) is 124 Å². The maximum absolute atomic E-state index is 6.56. The van der Waals surface area contributed by atoms with Crippen LogP contribution in [0.4, 0.5) is 34.1 Å². The lowest BCUT2D eigenvalue weighted by atomic mass is 9.93. The average Bonchev–Trinajstić information content (AvgIpc) is 3.95. The molecule has 0 aliphatic carbocycles. The second-order valence-corrected chi connectivity index (χ2v) is 16.1. The summed E-state index contributed by atoms with van der Waals surface area (Å²) in [6, 6.07) is 85.7. The molecular weight excluding hydrogens is 781 g/mol. The van der Waals surface area contributed by atoms with E-state index >= 15 is 0 Å². The zero-order chi connectivity index (χ0) is 42.4. The van der Waals surface area contributed by atoms with E-state index in [0.29, 0.717) is 0 Å². The van der Waals surface area contributed by atoms with E-state index in [0.717, 1.165) is 106 Å². The van der Waals surface area contributed by atoms with Crippen LogP contribution in [-0.2, 0) is 0 Å². The van der Waals surface area contributed by atoms with Crippen molar-refractivity contribution in [1.29, 1.82) is 0 Å². The summed E-state index contributed by atoms with van der Waals surface area (Å²) in [5.74, 6) is 0. The second-order valence-electron chi connectivity index (χ2n) is 16.1. The first-order chi connectivity index (χ1) is 31.7. The molecule has 0 saturated carbocycles. The van der Waals surface area contributed by atoms with Gasteiger partial charge in [-0.3, -0.25) is 0 Å². The third kappa shape index (κ3) is 6.57. The van der Waals surface area contributed by atoms with Crippen molar-refractivity contribution in [3.63, 3.8) is 0 Å². The lowest BCUT2D eigenvalue weighted by molar-refractivity contribution is 0.668. The van der Waals surface area contributed by atoms with Gasteiger partial charge in [-0.15, -0.1) is 0 Å². The van der Waals surface area contributed by atoms with Gasteiger partial charge in [0.05, 0.1) is 11.4 Å². The van der Waals surface area contributed by atoms with Crippen LogP contribution >= 0.6 is 0 Å². The number of fused-ring (bicyclic) bond motifs is 6. The normalized spacial score (nSPS) is 11.4. The van der Waals surface area contributed by atoms with Gasteiger partial charge in [0, 0.05) is 44.3 Å². The van der Waals surface area contributed by atoms with Crippen LogP contribution in [0.5, 0.6) is 0 Å². The molecule has 12 aromatic rings. The third-order valence-electron chi connectivity index (χ3n) is 12.2. The molecule has 0 aliphatic rings. The number of para-hydroxylation sites is 6. The molecule has 2 heterocycles. The van der Waals surface area contributed by atoms with E-state index in [1.54, 1.807) is 0 Å². The molecule has 64 heavy (non-hydrogen) atoms. The monoisotopic (exact) mass is 820 g/mol. The van der Waals surface area contributed by atoms with Crippen molar-refractivity contribution in [3.8, 4) is 33.4 Å². The molecule has 0 N–H and O–H groups in total. The van der Waals surface area contributed by atoms with Crippen LogP contribution in [0.15, 0.2) is 251 Å². The summed E-state index contributed by atoms with van der Waals surface area (Å²) in [6.45, 7) is 0. The number of nitrogens with zero attached hydrogens (tertiary/aromatic N) is 2. The predicted molar refractivity (Wildman–Crippen MR) is 267 cm³/mol. The lowest BCUT2D eigenvalue weighted by Crippen LogP contribution is -2.10. The minimum atomic E-state index is 0.862. The molecular formula is C60H40N2O2. The minimum absolute atomic E-state index is 0.862. The molecule has 2 aromatic heterocycles. The van der Waals surface area contributed by atoms with Crippen molar-refractivity contribution >= 4 is 78.0 Å². The highest BCUT2D eigenvalue weighted by molar-refractivity contribution is 6.11. The van der Waals surface area contributed by atoms with Crippen molar-refractivity contribution in [2.75, 3.05) is 9.80 Å². The number of rotatable bonds is 9. The zero-order valence-electron chi connectivity index (χ0n) is 34.8. The summed E-state index contributed by atoms with van der Waals surface area (Å²) >= 11 is 0. The topological polar surface area (TPSA) is 32.8 Å². The quantitative estimate of drug-likeness (QED) is 0.145. The number of anilines is 6. The Labute approximate surface area is 371 Å². The minimum Gasteiger partial charge on any atom is -0.454 e. The zero-order valence-corrected chi connectivity index (χ0v) is 34.8. The largest absolute Gasteiger partial charge is 0.454 e. The van der Waals surface area contributed by atoms with E-state index < -0.39 is 0 Å².